The molecule has 1 heterocycles. The van der Waals surface area contributed by atoms with Crippen LogP contribution in [0.2, 0.25) is 0 Å². The van der Waals surface area contributed by atoms with Crippen LogP contribution < -0.4 is 5.32 Å². The van der Waals surface area contributed by atoms with E-state index in [1.165, 1.54) is 12.1 Å². The monoisotopic (exact) mass is 317 g/mol. The van der Waals surface area contributed by atoms with Crippen molar-refractivity contribution in [1.82, 2.24) is 9.80 Å². The van der Waals surface area contributed by atoms with Crippen molar-refractivity contribution in [3.05, 3.63) is 33.9 Å². The summed E-state index contributed by atoms with van der Waals surface area (Å²) in [5.41, 5.74) is 0.909. The number of non-ortho nitro benzene ring substituents is 1. The molecule has 0 spiro atoms. The molecule has 1 aromatic rings. The normalized spacial score (nSPS) is 17.4. The minimum atomic E-state index is -0.485. The SMILES string of the molecule is CC(CCN1CCN(C)CC1)Nc1ccc([N+](=O)[O-])cc1C#N. The molecule has 1 aromatic carbocycles. The number of hydrogen-bond acceptors (Lipinski definition) is 6. The zero-order valence-corrected chi connectivity index (χ0v) is 13.7. The van der Waals surface area contributed by atoms with Gasteiger partial charge >= 0.3 is 0 Å². The molecule has 0 radical (unpaired) electrons. The van der Waals surface area contributed by atoms with Crippen LogP contribution in [0.15, 0.2) is 18.2 Å². The van der Waals surface area contributed by atoms with Crippen molar-refractivity contribution in [3.8, 4) is 6.07 Å². The van der Waals surface area contributed by atoms with Crippen LogP contribution in [0.1, 0.15) is 18.9 Å². The van der Waals surface area contributed by atoms with Crippen molar-refractivity contribution >= 4 is 11.4 Å². The van der Waals surface area contributed by atoms with E-state index in [1.807, 2.05) is 6.07 Å². The molecule has 1 aliphatic heterocycles. The Labute approximate surface area is 136 Å². The molecule has 0 aromatic heterocycles. The predicted molar refractivity (Wildman–Crippen MR) is 89.5 cm³/mol. The van der Waals surface area contributed by atoms with E-state index in [1.54, 1.807) is 6.07 Å². The van der Waals surface area contributed by atoms with Gasteiger partial charge in [-0.15, -0.1) is 0 Å². The van der Waals surface area contributed by atoms with Crippen molar-refractivity contribution in [2.24, 2.45) is 0 Å². The van der Waals surface area contributed by atoms with Crippen LogP contribution in [0.25, 0.3) is 0 Å². The fraction of sp³-hybridized carbons (Fsp3) is 0.562. The second-order valence-electron chi connectivity index (χ2n) is 6.08. The molecular weight excluding hydrogens is 294 g/mol. The second kappa shape index (κ2) is 7.90. The lowest BCUT2D eigenvalue weighted by molar-refractivity contribution is -0.384. The van der Waals surface area contributed by atoms with Gasteiger partial charge in [0.2, 0.25) is 0 Å². The number of benzene rings is 1. The molecule has 1 fully saturated rings. The Hall–Kier alpha value is -2.17. The summed E-state index contributed by atoms with van der Waals surface area (Å²) in [5.74, 6) is 0. The summed E-state index contributed by atoms with van der Waals surface area (Å²) in [6, 6.07) is 6.58. The summed E-state index contributed by atoms with van der Waals surface area (Å²) in [5, 5.41) is 23.2. The zero-order valence-electron chi connectivity index (χ0n) is 13.7. The lowest BCUT2D eigenvalue weighted by atomic mass is 10.1. The Balaban J connectivity index is 1.88. The van der Waals surface area contributed by atoms with Gasteiger partial charge in [-0.2, -0.15) is 5.26 Å². The molecule has 0 bridgehead atoms. The topological polar surface area (TPSA) is 85.4 Å². The van der Waals surface area contributed by atoms with Crippen LogP contribution in [0.3, 0.4) is 0 Å². The largest absolute Gasteiger partial charge is 0.381 e. The average molecular weight is 317 g/mol. The summed E-state index contributed by atoms with van der Waals surface area (Å²) >= 11 is 0. The van der Waals surface area contributed by atoms with E-state index in [9.17, 15) is 15.4 Å². The molecule has 7 nitrogen and oxygen atoms in total. The fourth-order valence-electron chi connectivity index (χ4n) is 2.65. The summed E-state index contributed by atoms with van der Waals surface area (Å²) in [7, 11) is 2.14. The molecule has 0 aliphatic carbocycles. The molecule has 1 unspecified atom stereocenters. The van der Waals surface area contributed by atoms with Crippen molar-refractivity contribution in [1.29, 1.82) is 5.26 Å². The van der Waals surface area contributed by atoms with Gasteiger partial charge in [0.25, 0.3) is 5.69 Å². The first kappa shape index (κ1) is 17.2. The zero-order chi connectivity index (χ0) is 16.8. The minimum Gasteiger partial charge on any atom is -0.381 e. The van der Waals surface area contributed by atoms with Gasteiger partial charge in [-0.1, -0.05) is 0 Å². The maximum Gasteiger partial charge on any atom is 0.270 e. The van der Waals surface area contributed by atoms with Crippen LogP contribution in [0.5, 0.6) is 0 Å². The predicted octanol–water partition coefficient (Wildman–Crippen LogP) is 1.90. The van der Waals surface area contributed by atoms with Crippen LogP contribution in [-0.2, 0) is 0 Å². The summed E-state index contributed by atoms with van der Waals surface area (Å²) in [6.07, 6.45) is 0.964. The number of nitro groups is 1. The van der Waals surface area contributed by atoms with Gasteiger partial charge < -0.3 is 15.1 Å². The van der Waals surface area contributed by atoms with Gasteiger partial charge in [-0.25, -0.2) is 0 Å². The van der Waals surface area contributed by atoms with Gasteiger partial charge in [0.1, 0.15) is 6.07 Å². The second-order valence-corrected chi connectivity index (χ2v) is 6.08. The summed E-state index contributed by atoms with van der Waals surface area (Å²) < 4.78 is 0. The number of rotatable bonds is 6. The molecule has 124 valence electrons. The molecule has 7 heteroatoms. The van der Waals surface area contributed by atoms with Gasteiger partial charge in [-0.05, 0) is 26.5 Å². The van der Waals surface area contributed by atoms with Gasteiger partial charge in [-0.3, -0.25) is 10.1 Å². The number of nitro benzene ring substituents is 1. The van der Waals surface area contributed by atoms with E-state index < -0.39 is 4.92 Å². The standard InChI is InChI=1S/C16H23N5O2/c1-13(5-6-20-9-7-19(2)8-10-20)18-16-4-3-15(21(22)23)11-14(16)12-17/h3-4,11,13,18H,5-10H2,1-2H3. The number of nitriles is 1. The van der Waals surface area contributed by atoms with Crippen LogP contribution in [0, 0.1) is 21.4 Å². The van der Waals surface area contributed by atoms with Crippen LogP contribution in [-0.4, -0.2) is 60.5 Å². The molecular formula is C16H23N5O2. The third-order valence-corrected chi connectivity index (χ3v) is 4.21. The van der Waals surface area contributed by atoms with Crippen molar-refractivity contribution in [3.63, 3.8) is 0 Å². The maximum atomic E-state index is 10.8. The van der Waals surface area contributed by atoms with E-state index in [0.717, 1.165) is 39.1 Å². The summed E-state index contributed by atoms with van der Waals surface area (Å²) in [4.78, 5) is 15.1. The van der Waals surface area contributed by atoms with Crippen LogP contribution in [0.4, 0.5) is 11.4 Å². The quantitative estimate of drug-likeness (QED) is 0.637. The van der Waals surface area contributed by atoms with E-state index in [-0.39, 0.29) is 11.7 Å². The Bertz CT molecular complexity index is 591. The molecule has 2 rings (SSSR count). The third-order valence-electron chi connectivity index (χ3n) is 4.21. The molecule has 0 amide bonds. The number of hydrogen-bond donors (Lipinski definition) is 1. The number of anilines is 1. The molecule has 1 saturated heterocycles. The van der Waals surface area contributed by atoms with Gasteiger partial charge in [0, 0.05) is 50.9 Å². The fourth-order valence-corrected chi connectivity index (χ4v) is 2.65. The van der Waals surface area contributed by atoms with E-state index in [2.05, 4.69) is 29.1 Å². The number of nitrogens with one attached hydrogen (secondary N) is 1. The minimum absolute atomic E-state index is 0.0582. The number of likely N-dealkylation sites (N-methyl/N-ethyl adjacent to an activating group) is 1. The highest BCUT2D eigenvalue weighted by Gasteiger charge is 2.16. The smallest absolute Gasteiger partial charge is 0.270 e. The van der Waals surface area contributed by atoms with Crippen molar-refractivity contribution < 1.29 is 4.92 Å². The third kappa shape index (κ3) is 4.91. The lowest BCUT2D eigenvalue weighted by Gasteiger charge is -2.33. The Morgan fingerprint density at radius 2 is 2.09 bits per heavy atom. The summed E-state index contributed by atoms with van der Waals surface area (Å²) in [6.45, 7) is 7.45. The molecule has 1 N–H and O–H groups in total. The first-order valence-electron chi connectivity index (χ1n) is 7.85. The van der Waals surface area contributed by atoms with Crippen molar-refractivity contribution in [2.75, 3.05) is 45.1 Å². The molecule has 1 aliphatic rings. The van der Waals surface area contributed by atoms with Crippen molar-refractivity contribution in [2.45, 2.75) is 19.4 Å². The highest BCUT2D eigenvalue weighted by Crippen LogP contribution is 2.22. The van der Waals surface area contributed by atoms with Gasteiger partial charge in [0.05, 0.1) is 16.2 Å². The Morgan fingerprint density at radius 1 is 1.39 bits per heavy atom. The first-order chi connectivity index (χ1) is 11.0. The molecule has 23 heavy (non-hydrogen) atoms. The van der Waals surface area contributed by atoms with E-state index in [0.29, 0.717) is 11.3 Å². The van der Waals surface area contributed by atoms with Crippen LogP contribution >= 0.6 is 0 Å². The average Bonchev–Trinajstić information content (AvgIpc) is 2.54. The number of nitrogens with zero attached hydrogens (tertiary/aromatic N) is 4. The van der Waals surface area contributed by atoms with E-state index in [4.69, 9.17) is 0 Å². The van der Waals surface area contributed by atoms with E-state index >= 15 is 0 Å². The first-order valence-corrected chi connectivity index (χ1v) is 7.85. The molecule has 1 atom stereocenters. The lowest BCUT2D eigenvalue weighted by Crippen LogP contribution is -2.45. The maximum absolute atomic E-state index is 10.8. The molecule has 0 saturated carbocycles. The Kier molecular flexibility index (Phi) is 5.90. The number of piperazine rings is 1. The Morgan fingerprint density at radius 3 is 2.70 bits per heavy atom. The van der Waals surface area contributed by atoms with Gasteiger partial charge in [0.15, 0.2) is 0 Å². The highest BCUT2D eigenvalue weighted by molar-refractivity contribution is 5.61. The highest BCUT2D eigenvalue weighted by atomic mass is 16.6.